The number of nitrogens with one attached hydrogen (secondary N) is 1. The summed E-state index contributed by atoms with van der Waals surface area (Å²) in [6.07, 6.45) is 3.18. The summed E-state index contributed by atoms with van der Waals surface area (Å²) >= 11 is 0. The molecule has 150 valence electrons. The molecule has 0 aliphatic carbocycles. The highest BCUT2D eigenvalue weighted by Gasteiger charge is 2.17. The van der Waals surface area contributed by atoms with Gasteiger partial charge in [0.1, 0.15) is 29.6 Å². The van der Waals surface area contributed by atoms with Crippen molar-refractivity contribution < 1.29 is 4.42 Å². The maximum Gasteiger partial charge on any atom is 0.294 e. The zero-order valence-corrected chi connectivity index (χ0v) is 16.6. The average molecular weight is 400 g/mol. The SMILES string of the molecule is CC(c1ccc(-n2cncn2)cc1)N(C)Cc1nc2c(oc3ccccc32)c(=O)[nH]1. The Hall–Kier alpha value is -3.78. The van der Waals surface area contributed by atoms with E-state index in [1.54, 1.807) is 11.0 Å². The summed E-state index contributed by atoms with van der Waals surface area (Å²) in [5.41, 5.74) is 3.37. The van der Waals surface area contributed by atoms with Crippen molar-refractivity contribution in [3.05, 3.63) is 82.9 Å². The van der Waals surface area contributed by atoms with E-state index in [0.29, 0.717) is 23.5 Å². The largest absolute Gasteiger partial charge is 0.449 e. The van der Waals surface area contributed by atoms with Crippen molar-refractivity contribution in [3.8, 4) is 5.69 Å². The number of fused-ring (bicyclic) bond motifs is 3. The molecular formula is C22H20N6O2. The van der Waals surface area contributed by atoms with Gasteiger partial charge in [-0.1, -0.05) is 24.3 Å². The minimum absolute atomic E-state index is 0.122. The highest BCUT2D eigenvalue weighted by molar-refractivity contribution is 6.01. The van der Waals surface area contributed by atoms with Gasteiger partial charge in [-0.25, -0.2) is 14.6 Å². The summed E-state index contributed by atoms with van der Waals surface area (Å²) in [6.45, 7) is 2.62. The summed E-state index contributed by atoms with van der Waals surface area (Å²) in [5, 5.41) is 4.99. The van der Waals surface area contributed by atoms with Crippen LogP contribution in [-0.4, -0.2) is 36.7 Å². The molecule has 0 fully saturated rings. The van der Waals surface area contributed by atoms with E-state index in [-0.39, 0.29) is 17.2 Å². The third-order valence-electron chi connectivity index (χ3n) is 5.40. The molecule has 3 aromatic heterocycles. The first-order valence-corrected chi connectivity index (χ1v) is 9.66. The lowest BCUT2D eigenvalue weighted by molar-refractivity contribution is 0.247. The molecule has 1 atom stereocenters. The Labute approximate surface area is 171 Å². The molecule has 1 unspecified atom stereocenters. The highest BCUT2D eigenvalue weighted by Crippen LogP contribution is 2.25. The first kappa shape index (κ1) is 18.3. The van der Waals surface area contributed by atoms with Gasteiger partial charge in [-0.2, -0.15) is 5.10 Å². The molecule has 0 aliphatic rings. The number of hydrogen-bond donors (Lipinski definition) is 1. The number of rotatable bonds is 5. The van der Waals surface area contributed by atoms with Crippen molar-refractivity contribution in [3.63, 3.8) is 0 Å². The van der Waals surface area contributed by atoms with Crippen molar-refractivity contribution in [2.45, 2.75) is 19.5 Å². The Morgan fingerprint density at radius 1 is 1.17 bits per heavy atom. The van der Waals surface area contributed by atoms with Gasteiger partial charge in [-0.15, -0.1) is 0 Å². The Balaban J connectivity index is 1.40. The third-order valence-corrected chi connectivity index (χ3v) is 5.40. The predicted octanol–water partition coefficient (Wildman–Crippen LogP) is 3.44. The summed E-state index contributed by atoms with van der Waals surface area (Å²) < 4.78 is 7.39. The molecule has 5 rings (SSSR count). The number of hydrogen-bond acceptors (Lipinski definition) is 6. The van der Waals surface area contributed by atoms with Gasteiger partial charge < -0.3 is 9.40 Å². The van der Waals surface area contributed by atoms with Crippen LogP contribution in [0.2, 0.25) is 0 Å². The van der Waals surface area contributed by atoms with Crippen molar-refractivity contribution in [2.24, 2.45) is 0 Å². The first-order chi connectivity index (χ1) is 14.6. The van der Waals surface area contributed by atoms with Crippen LogP contribution in [0, 0.1) is 0 Å². The number of nitrogens with zero attached hydrogens (tertiary/aromatic N) is 5. The molecular weight excluding hydrogens is 380 g/mol. The van der Waals surface area contributed by atoms with Gasteiger partial charge in [0.05, 0.1) is 12.2 Å². The summed E-state index contributed by atoms with van der Waals surface area (Å²) in [5.74, 6) is 0.604. The number of furan rings is 1. The van der Waals surface area contributed by atoms with Crippen molar-refractivity contribution >= 4 is 22.1 Å². The second kappa shape index (κ2) is 7.23. The normalized spacial score (nSPS) is 12.8. The van der Waals surface area contributed by atoms with E-state index in [9.17, 15) is 4.79 Å². The Morgan fingerprint density at radius 2 is 1.97 bits per heavy atom. The molecule has 0 saturated carbocycles. The quantitative estimate of drug-likeness (QED) is 0.486. The maximum absolute atomic E-state index is 12.5. The summed E-state index contributed by atoms with van der Waals surface area (Å²) in [6, 6.07) is 15.8. The summed E-state index contributed by atoms with van der Waals surface area (Å²) in [7, 11) is 2.01. The number of H-pyrrole nitrogens is 1. The van der Waals surface area contributed by atoms with Crippen LogP contribution in [0.3, 0.4) is 0 Å². The molecule has 8 nitrogen and oxygen atoms in total. The van der Waals surface area contributed by atoms with Gasteiger partial charge in [0, 0.05) is 11.4 Å². The van der Waals surface area contributed by atoms with Crippen LogP contribution in [-0.2, 0) is 6.54 Å². The third kappa shape index (κ3) is 3.17. The molecule has 0 spiro atoms. The number of aromatic amines is 1. The van der Waals surface area contributed by atoms with Crippen LogP contribution in [0.1, 0.15) is 24.4 Å². The molecule has 5 aromatic rings. The minimum Gasteiger partial charge on any atom is -0.449 e. The zero-order valence-electron chi connectivity index (χ0n) is 16.6. The molecule has 0 aliphatic heterocycles. The van der Waals surface area contributed by atoms with E-state index in [2.05, 4.69) is 44.0 Å². The van der Waals surface area contributed by atoms with Gasteiger partial charge >= 0.3 is 0 Å². The second-order valence-corrected chi connectivity index (χ2v) is 7.31. The van der Waals surface area contributed by atoms with E-state index in [1.165, 1.54) is 6.33 Å². The topological polar surface area (TPSA) is 92.8 Å². The van der Waals surface area contributed by atoms with Crippen molar-refractivity contribution in [1.29, 1.82) is 0 Å². The Morgan fingerprint density at radius 3 is 2.73 bits per heavy atom. The van der Waals surface area contributed by atoms with Crippen LogP contribution >= 0.6 is 0 Å². The first-order valence-electron chi connectivity index (χ1n) is 9.66. The number of benzene rings is 2. The Kier molecular flexibility index (Phi) is 4.40. The maximum atomic E-state index is 12.5. The van der Waals surface area contributed by atoms with E-state index >= 15 is 0 Å². The van der Waals surface area contributed by atoms with Crippen LogP contribution < -0.4 is 5.56 Å². The van der Waals surface area contributed by atoms with E-state index in [1.807, 2.05) is 43.4 Å². The standard InChI is InChI=1S/C22H20N6O2/c1-14(15-7-9-16(10-8-15)28-13-23-12-24-28)27(2)11-19-25-20-17-5-3-4-6-18(17)30-21(20)22(29)26-19/h3-10,12-14H,11H2,1-2H3,(H,25,26,29). The van der Waals surface area contributed by atoms with Gasteiger partial charge in [0.15, 0.2) is 0 Å². The Bertz CT molecular complexity index is 1370. The molecule has 3 heterocycles. The van der Waals surface area contributed by atoms with Gasteiger partial charge in [0.25, 0.3) is 5.56 Å². The summed E-state index contributed by atoms with van der Waals surface area (Å²) in [4.78, 5) is 26.2. The molecule has 2 aromatic carbocycles. The molecule has 0 radical (unpaired) electrons. The van der Waals surface area contributed by atoms with E-state index in [4.69, 9.17) is 4.42 Å². The van der Waals surface area contributed by atoms with E-state index < -0.39 is 0 Å². The molecule has 0 bridgehead atoms. The number of aromatic nitrogens is 5. The van der Waals surface area contributed by atoms with Crippen LogP contribution in [0.15, 0.2) is 70.4 Å². The van der Waals surface area contributed by atoms with Crippen LogP contribution in [0.25, 0.3) is 27.8 Å². The van der Waals surface area contributed by atoms with Crippen molar-refractivity contribution in [2.75, 3.05) is 7.05 Å². The monoisotopic (exact) mass is 400 g/mol. The highest BCUT2D eigenvalue weighted by atomic mass is 16.3. The fraction of sp³-hybridized carbons (Fsp3) is 0.182. The average Bonchev–Trinajstić information content (AvgIpc) is 3.42. The fourth-order valence-electron chi connectivity index (χ4n) is 3.60. The smallest absolute Gasteiger partial charge is 0.294 e. The minimum atomic E-state index is -0.260. The number of para-hydroxylation sites is 1. The molecule has 8 heteroatoms. The lowest BCUT2D eigenvalue weighted by Crippen LogP contribution is -2.24. The molecule has 0 saturated heterocycles. The van der Waals surface area contributed by atoms with Crippen LogP contribution in [0.5, 0.6) is 0 Å². The lowest BCUT2D eigenvalue weighted by Gasteiger charge is -2.24. The predicted molar refractivity (Wildman–Crippen MR) is 113 cm³/mol. The van der Waals surface area contributed by atoms with Gasteiger partial charge in [-0.3, -0.25) is 9.69 Å². The van der Waals surface area contributed by atoms with Gasteiger partial charge in [0.2, 0.25) is 5.58 Å². The fourth-order valence-corrected chi connectivity index (χ4v) is 3.60. The van der Waals surface area contributed by atoms with E-state index in [0.717, 1.165) is 16.6 Å². The molecule has 0 amide bonds. The lowest BCUT2D eigenvalue weighted by atomic mass is 10.1. The molecule has 1 N–H and O–H groups in total. The van der Waals surface area contributed by atoms with Crippen LogP contribution in [0.4, 0.5) is 0 Å². The van der Waals surface area contributed by atoms with Gasteiger partial charge in [-0.05, 0) is 43.8 Å². The second-order valence-electron chi connectivity index (χ2n) is 7.31. The molecule has 30 heavy (non-hydrogen) atoms. The zero-order chi connectivity index (χ0) is 20.7. The van der Waals surface area contributed by atoms with Crippen molar-refractivity contribution in [1.82, 2.24) is 29.6 Å².